The number of hydrogen-bond acceptors (Lipinski definition) is 1. The van der Waals surface area contributed by atoms with Crippen molar-refractivity contribution < 1.29 is 4.74 Å². The van der Waals surface area contributed by atoms with Crippen molar-refractivity contribution in [2.24, 2.45) is 0 Å². The number of fused-ring (bicyclic) bond motifs is 1. The molecule has 1 aromatic carbocycles. The fourth-order valence-electron chi connectivity index (χ4n) is 1.86. The monoisotopic (exact) mass is 227 g/mol. The largest absolute Gasteiger partial charge is 0.381 e. The summed E-state index contributed by atoms with van der Waals surface area (Å²) in [6.45, 7) is 2.69. The van der Waals surface area contributed by atoms with E-state index in [2.05, 4.69) is 41.4 Å². The van der Waals surface area contributed by atoms with Crippen molar-refractivity contribution in [3.8, 4) is 0 Å². The Hall–Kier alpha value is -1.80. The van der Waals surface area contributed by atoms with Crippen LogP contribution < -0.4 is 0 Å². The lowest BCUT2D eigenvalue weighted by Gasteiger charge is -2.02. The van der Waals surface area contributed by atoms with Gasteiger partial charge in [0, 0.05) is 18.8 Å². The highest BCUT2D eigenvalue weighted by atomic mass is 16.5. The molecule has 0 fully saturated rings. The van der Waals surface area contributed by atoms with Crippen LogP contribution in [-0.4, -0.2) is 18.7 Å². The number of benzene rings is 1. The second-order valence-electron chi connectivity index (χ2n) is 3.88. The van der Waals surface area contributed by atoms with E-state index < -0.39 is 0 Å². The highest BCUT2D eigenvalue weighted by Crippen LogP contribution is 2.21. The van der Waals surface area contributed by atoms with Gasteiger partial charge in [-0.05, 0) is 35.6 Å². The summed E-state index contributed by atoms with van der Waals surface area (Å²) in [7, 11) is 1.70. The fraction of sp³-hybridized carbons (Fsp3) is 0.200. The van der Waals surface area contributed by atoms with E-state index in [0.29, 0.717) is 6.61 Å². The van der Waals surface area contributed by atoms with Gasteiger partial charge in [-0.15, -0.1) is 0 Å². The standard InChI is InChI=1S/C15H17NO/c1-3-12(5-4-10-17-2)14-7-6-13-8-9-16-15(13)11-14/h3-9,11,16H,10H2,1-2H3/b5-4-,12-3+. The summed E-state index contributed by atoms with van der Waals surface area (Å²) in [6.07, 6.45) is 8.18. The average Bonchev–Trinajstić information content (AvgIpc) is 2.82. The Balaban J connectivity index is 2.30. The van der Waals surface area contributed by atoms with Crippen LogP contribution >= 0.6 is 0 Å². The van der Waals surface area contributed by atoms with Gasteiger partial charge in [-0.25, -0.2) is 0 Å². The minimum atomic E-state index is 0.641. The second kappa shape index (κ2) is 5.51. The molecule has 0 saturated heterocycles. The number of ether oxygens (including phenoxy) is 1. The van der Waals surface area contributed by atoms with E-state index in [4.69, 9.17) is 4.74 Å². The van der Waals surface area contributed by atoms with Gasteiger partial charge in [0.05, 0.1) is 6.61 Å². The van der Waals surface area contributed by atoms with Gasteiger partial charge in [0.1, 0.15) is 0 Å². The molecule has 1 N–H and O–H groups in total. The van der Waals surface area contributed by atoms with Crippen LogP contribution in [0.3, 0.4) is 0 Å². The van der Waals surface area contributed by atoms with E-state index in [1.54, 1.807) is 7.11 Å². The molecule has 0 aliphatic rings. The molecule has 0 atom stereocenters. The van der Waals surface area contributed by atoms with Crippen molar-refractivity contribution in [3.05, 3.63) is 54.3 Å². The zero-order valence-corrected chi connectivity index (χ0v) is 10.2. The van der Waals surface area contributed by atoms with Crippen LogP contribution in [0.4, 0.5) is 0 Å². The lowest BCUT2D eigenvalue weighted by molar-refractivity contribution is 0.234. The maximum atomic E-state index is 5.01. The van der Waals surface area contributed by atoms with Gasteiger partial charge in [-0.2, -0.15) is 0 Å². The van der Waals surface area contributed by atoms with Gasteiger partial charge < -0.3 is 9.72 Å². The van der Waals surface area contributed by atoms with Crippen molar-refractivity contribution in [2.75, 3.05) is 13.7 Å². The third kappa shape index (κ3) is 2.66. The third-order valence-electron chi connectivity index (χ3n) is 2.76. The minimum absolute atomic E-state index is 0.641. The number of allylic oxidation sites excluding steroid dienone is 3. The van der Waals surface area contributed by atoms with Crippen LogP contribution in [0.15, 0.2) is 48.7 Å². The van der Waals surface area contributed by atoms with Gasteiger partial charge in [0.2, 0.25) is 0 Å². The first-order chi connectivity index (χ1) is 8.35. The second-order valence-corrected chi connectivity index (χ2v) is 3.88. The summed E-state index contributed by atoms with van der Waals surface area (Å²) in [6, 6.07) is 8.52. The Labute approximate surface area is 102 Å². The van der Waals surface area contributed by atoms with Crippen molar-refractivity contribution in [3.63, 3.8) is 0 Å². The smallest absolute Gasteiger partial charge is 0.0646 e. The molecular formula is C15H17NO. The van der Waals surface area contributed by atoms with Crippen LogP contribution in [0, 0.1) is 0 Å². The molecule has 88 valence electrons. The first-order valence-corrected chi connectivity index (χ1v) is 5.74. The van der Waals surface area contributed by atoms with Crippen molar-refractivity contribution in [1.29, 1.82) is 0 Å². The van der Waals surface area contributed by atoms with Crippen molar-refractivity contribution in [2.45, 2.75) is 6.92 Å². The molecule has 0 bridgehead atoms. The average molecular weight is 227 g/mol. The molecule has 0 radical (unpaired) electrons. The molecular weight excluding hydrogens is 210 g/mol. The quantitative estimate of drug-likeness (QED) is 0.790. The van der Waals surface area contributed by atoms with Crippen LogP contribution in [0.2, 0.25) is 0 Å². The molecule has 0 amide bonds. The number of nitrogens with one attached hydrogen (secondary N) is 1. The van der Waals surface area contributed by atoms with Gasteiger partial charge in [0.25, 0.3) is 0 Å². The first-order valence-electron chi connectivity index (χ1n) is 5.74. The molecule has 0 aliphatic heterocycles. The molecule has 2 aromatic rings. The molecule has 1 aromatic heterocycles. The van der Waals surface area contributed by atoms with Gasteiger partial charge in [0.15, 0.2) is 0 Å². The van der Waals surface area contributed by atoms with Crippen molar-refractivity contribution >= 4 is 16.5 Å². The van der Waals surface area contributed by atoms with E-state index in [1.165, 1.54) is 22.0 Å². The summed E-state index contributed by atoms with van der Waals surface area (Å²) in [5.74, 6) is 0. The van der Waals surface area contributed by atoms with Gasteiger partial charge in [-0.3, -0.25) is 0 Å². The van der Waals surface area contributed by atoms with Gasteiger partial charge >= 0.3 is 0 Å². The zero-order chi connectivity index (χ0) is 12.1. The number of aromatic nitrogens is 1. The highest BCUT2D eigenvalue weighted by Gasteiger charge is 1.99. The predicted octanol–water partition coefficient (Wildman–Crippen LogP) is 3.77. The molecule has 0 spiro atoms. The van der Waals surface area contributed by atoms with E-state index in [0.717, 1.165) is 0 Å². The molecule has 0 unspecified atom stereocenters. The molecule has 1 heterocycles. The number of hydrogen-bond donors (Lipinski definition) is 1. The minimum Gasteiger partial charge on any atom is -0.381 e. The molecule has 17 heavy (non-hydrogen) atoms. The molecule has 2 rings (SSSR count). The predicted molar refractivity (Wildman–Crippen MR) is 73.0 cm³/mol. The Bertz CT molecular complexity index is 549. The van der Waals surface area contributed by atoms with Crippen LogP contribution in [0.25, 0.3) is 16.5 Å². The Morgan fingerprint density at radius 2 is 2.24 bits per heavy atom. The Morgan fingerprint density at radius 1 is 1.35 bits per heavy atom. The van der Waals surface area contributed by atoms with E-state index in [1.807, 2.05) is 19.2 Å². The maximum absolute atomic E-state index is 5.01. The number of aromatic amines is 1. The van der Waals surface area contributed by atoms with Crippen LogP contribution in [0.1, 0.15) is 12.5 Å². The highest BCUT2D eigenvalue weighted by molar-refractivity contribution is 5.85. The topological polar surface area (TPSA) is 25.0 Å². The maximum Gasteiger partial charge on any atom is 0.0646 e. The van der Waals surface area contributed by atoms with E-state index >= 15 is 0 Å². The van der Waals surface area contributed by atoms with E-state index in [-0.39, 0.29) is 0 Å². The summed E-state index contributed by atoms with van der Waals surface area (Å²) in [5, 5.41) is 1.24. The van der Waals surface area contributed by atoms with Crippen LogP contribution in [0.5, 0.6) is 0 Å². The number of methoxy groups -OCH3 is 1. The summed E-state index contributed by atoms with van der Waals surface area (Å²) in [5.41, 5.74) is 3.59. The Kier molecular flexibility index (Phi) is 3.78. The fourth-order valence-corrected chi connectivity index (χ4v) is 1.86. The normalized spacial score (nSPS) is 12.7. The van der Waals surface area contributed by atoms with Crippen LogP contribution in [-0.2, 0) is 4.74 Å². The number of H-pyrrole nitrogens is 1. The summed E-state index contributed by atoms with van der Waals surface area (Å²) in [4.78, 5) is 3.23. The molecule has 2 heteroatoms. The Morgan fingerprint density at radius 3 is 3.00 bits per heavy atom. The zero-order valence-electron chi connectivity index (χ0n) is 10.2. The molecule has 0 aliphatic carbocycles. The number of rotatable bonds is 4. The first kappa shape index (κ1) is 11.7. The van der Waals surface area contributed by atoms with E-state index in [9.17, 15) is 0 Å². The lowest BCUT2D eigenvalue weighted by atomic mass is 10.0. The molecule has 2 nitrogen and oxygen atoms in total. The SMILES string of the molecule is C/C=C(\C=C/COC)c1ccc2cc[nH]c2c1. The van der Waals surface area contributed by atoms with Crippen molar-refractivity contribution in [1.82, 2.24) is 4.98 Å². The van der Waals surface area contributed by atoms with Gasteiger partial charge in [-0.1, -0.05) is 30.4 Å². The summed E-state index contributed by atoms with van der Waals surface area (Å²) < 4.78 is 5.01. The molecule has 0 saturated carbocycles. The lowest BCUT2D eigenvalue weighted by Crippen LogP contribution is -1.84. The third-order valence-corrected chi connectivity index (χ3v) is 2.76. The summed E-state index contributed by atoms with van der Waals surface area (Å²) >= 11 is 0.